The van der Waals surface area contributed by atoms with Gasteiger partial charge in [-0.05, 0) is 18.2 Å². The average Bonchev–Trinajstić information content (AvgIpc) is 2.10. The van der Waals surface area contributed by atoms with Gasteiger partial charge in [-0.1, -0.05) is 0 Å². The first-order chi connectivity index (χ1) is 7.08. The monoisotopic (exact) mass is 213 g/mol. The summed E-state index contributed by atoms with van der Waals surface area (Å²) < 4.78 is 17.3. The van der Waals surface area contributed by atoms with E-state index in [4.69, 9.17) is 11.5 Å². The summed E-state index contributed by atoms with van der Waals surface area (Å²) in [6.07, 6.45) is -0.837. The highest BCUT2D eigenvalue weighted by Gasteiger charge is 1.98. The number of nitrogens with two attached hydrogens (primary N) is 2. The van der Waals surface area contributed by atoms with E-state index in [9.17, 15) is 9.18 Å². The quantitative estimate of drug-likeness (QED) is 0.512. The minimum atomic E-state index is -0.837. The number of hydrogen-bond acceptors (Lipinski definition) is 4. The van der Waals surface area contributed by atoms with Gasteiger partial charge in [-0.15, -0.1) is 0 Å². The van der Waals surface area contributed by atoms with E-state index in [0.29, 0.717) is 17.9 Å². The van der Waals surface area contributed by atoms with Crippen LogP contribution in [0, 0.1) is 5.82 Å². The number of carbonyl (C=O) groups excluding carboxylic acids is 1. The third-order valence-electron chi connectivity index (χ3n) is 1.60. The van der Waals surface area contributed by atoms with Crippen molar-refractivity contribution in [3.05, 3.63) is 24.0 Å². The fourth-order valence-corrected chi connectivity index (χ4v) is 1.06. The van der Waals surface area contributed by atoms with E-state index in [1.54, 1.807) is 6.07 Å². The van der Waals surface area contributed by atoms with Crippen molar-refractivity contribution in [1.29, 1.82) is 0 Å². The summed E-state index contributed by atoms with van der Waals surface area (Å²) in [7, 11) is 0. The zero-order valence-corrected chi connectivity index (χ0v) is 8.00. The molecule has 5 N–H and O–H groups in total. The van der Waals surface area contributed by atoms with Crippen LogP contribution in [0.3, 0.4) is 0 Å². The number of anilines is 2. The van der Waals surface area contributed by atoms with Crippen molar-refractivity contribution in [2.45, 2.75) is 0 Å². The summed E-state index contributed by atoms with van der Waals surface area (Å²) in [4.78, 5) is 10.2. The number of nitrogen functional groups attached to an aromatic ring is 1. The largest absolute Gasteiger partial charge is 0.448 e. The molecule has 0 spiro atoms. The SMILES string of the molecule is NC(=O)OCCNc1cc(N)cc(F)c1. The summed E-state index contributed by atoms with van der Waals surface area (Å²) in [5.41, 5.74) is 11.0. The van der Waals surface area contributed by atoms with Gasteiger partial charge in [0.25, 0.3) is 0 Å². The highest BCUT2D eigenvalue weighted by Crippen LogP contribution is 2.14. The number of rotatable bonds is 4. The number of carbonyl (C=O) groups is 1. The molecule has 0 bridgehead atoms. The van der Waals surface area contributed by atoms with Crippen molar-refractivity contribution in [2.75, 3.05) is 24.2 Å². The van der Waals surface area contributed by atoms with Crippen molar-refractivity contribution in [3.63, 3.8) is 0 Å². The second-order valence-corrected chi connectivity index (χ2v) is 2.87. The van der Waals surface area contributed by atoms with E-state index in [1.165, 1.54) is 12.1 Å². The number of ether oxygens (including phenoxy) is 1. The molecular weight excluding hydrogens is 201 g/mol. The van der Waals surface area contributed by atoms with E-state index in [0.717, 1.165) is 0 Å². The van der Waals surface area contributed by atoms with Crippen molar-refractivity contribution >= 4 is 17.5 Å². The highest BCUT2D eigenvalue weighted by molar-refractivity contribution is 5.64. The molecule has 0 unspecified atom stereocenters. The zero-order chi connectivity index (χ0) is 11.3. The summed E-state index contributed by atoms with van der Waals surface area (Å²) in [5, 5.41) is 2.83. The van der Waals surface area contributed by atoms with Gasteiger partial charge in [0.2, 0.25) is 0 Å². The van der Waals surface area contributed by atoms with Crippen molar-refractivity contribution in [3.8, 4) is 0 Å². The van der Waals surface area contributed by atoms with Gasteiger partial charge < -0.3 is 21.5 Å². The van der Waals surface area contributed by atoms with Crippen molar-refractivity contribution < 1.29 is 13.9 Å². The maximum absolute atomic E-state index is 12.8. The van der Waals surface area contributed by atoms with Crippen LogP contribution in [0.5, 0.6) is 0 Å². The zero-order valence-electron chi connectivity index (χ0n) is 8.00. The van der Waals surface area contributed by atoms with Crippen LogP contribution in [0.15, 0.2) is 18.2 Å². The Kier molecular flexibility index (Phi) is 3.73. The van der Waals surface area contributed by atoms with Gasteiger partial charge >= 0.3 is 6.09 Å². The molecule has 0 saturated carbocycles. The Morgan fingerprint density at radius 1 is 1.47 bits per heavy atom. The van der Waals surface area contributed by atoms with Crippen LogP contribution < -0.4 is 16.8 Å². The van der Waals surface area contributed by atoms with Crippen molar-refractivity contribution in [1.82, 2.24) is 0 Å². The maximum atomic E-state index is 12.8. The van der Waals surface area contributed by atoms with Crippen molar-refractivity contribution in [2.24, 2.45) is 5.73 Å². The Morgan fingerprint density at radius 3 is 2.80 bits per heavy atom. The number of benzene rings is 1. The number of nitrogens with one attached hydrogen (secondary N) is 1. The van der Waals surface area contributed by atoms with Gasteiger partial charge in [0.15, 0.2) is 0 Å². The first-order valence-corrected chi connectivity index (χ1v) is 4.30. The Hall–Kier alpha value is -1.98. The van der Waals surface area contributed by atoms with Crippen LogP contribution in [0.4, 0.5) is 20.6 Å². The molecule has 0 aliphatic rings. The Labute approximate surface area is 86.2 Å². The van der Waals surface area contributed by atoms with Crippen LogP contribution in [-0.4, -0.2) is 19.2 Å². The van der Waals surface area contributed by atoms with Gasteiger partial charge in [0.1, 0.15) is 12.4 Å². The number of primary amides is 1. The topological polar surface area (TPSA) is 90.4 Å². The van der Waals surface area contributed by atoms with E-state index in [-0.39, 0.29) is 6.61 Å². The second kappa shape index (κ2) is 5.04. The Bertz CT molecular complexity index is 337. The fraction of sp³-hybridized carbons (Fsp3) is 0.222. The molecule has 82 valence electrons. The lowest BCUT2D eigenvalue weighted by atomic mass is 10.2. The molecule has 1 aromatic rings. The Morgan fingerprint density at radius 2 is 2.20 bits per heavy atom. The Balaban J connectivity index is 2.40. The van der Waals surface area contributed by atoms with Gasteiger partial charge in [-0.3, -0.25) is 0 Å². The highest BCUT2D eigenvalue weighted by atomic mass is 19.1. The summed E-state index contributed by atoms with van der Waals surface area (Å²) in [5.74, 6) is -0.423. The van der Waals surface area contributed by atoms with E-state index >= 15 is 0 Å². The van der Waals surface area contributed by atoms with E-state index in [1.807, 2.05) is 0 Å². The van der Waals surface area contributed by atoms with Crippen LogP contribution in [0.1, 0.15) is 0 Å². The number of hydrogen-bond donors (Lipinski definition) is 3. The molecular formula is C9H12FN3O2. The fourth-order valence-electron chi connectivity index (χ4n) is 1.06. The molecule has 0 aliphatic heterocycles. The molecule has 1 rings (SSSR count). The summed E-state index contributed by atoms with van der Waals surface area (Å²) in [6, 6.07) is 4.08. The molecule has 1 amide bonds. The molecule has 0 radical (unpaired) electrons. The smallest absolute Gasteiger partial charge is 0.404 e. The minimum absolute atomic E-state index is 0.117. The molecule has 0 fully saturated rings. The first kappa shape index (κ1) is 11.1. The van der Waals surface area contributed by atoms with Gasteiger partial charge in [0.05, 0.1) is 0 Å². The predicted octanol–water partition coefficient (Wildman–Crippen LogP) is 0.915. The van der Waals surface area contributed by atoms with Gasteiger partial charge in [-0.25, -0.2) is 9.18 Å². The van der Waals surface area contributed by atoms with Crippen LogP contribution in [-0.2, 0) is 4.74 Å². The lowest BCUT2D eigenvalue weighted by Gasteiger charge is -2.07. The van der Waals surface area contributed by atoms with Gasteiger partial charge in [-0.2, -0.15) is 0 Å². The molecule has 15 heavy (non-hydrogen) atoms. The molecule has 1 aromatic carbocycles. The summed E-state index contributed by atoms with van der Waals surface area (Å²) >= 11 is 0. The maximum Gasteiger partial charge on any atom is 0.404 e. The molecule has 0 heterocycles. The van der Waals surface area contributed by atoms with Crippen LogP contribution in [0.2, 0.25) is 0 Å². The summed E-state index contributed by atoms with van der Waals surface area (Å²) in [6.45, 7) is 0.456. The van der Waals surface area contributed by atoms with Crippen LogP contribution >= 0.6 is 0 Å². The number of amides is 1. The average molecular weight is 213 g/mol. The standard InChI is InChI=1S/C9H12FN3O2/c10-6-3-7(11)5-8(4-6)13-1-2-15-9(12)14/h3-5,13H,1-2,11H2,(H2,12,14). The third-order valence-corrected chi connectivity index (χ3v) is 1.60. The van der Waals surface area contributed by atoms with E-state index in [2.05, 4.69) is 10.1 Å². The normalized spacial score (nSPS) is 9.67. The molecule has 0 saturated heterocycles. The van der Waals surface area contributed by atoms with Crippen LogP contribution in [0.25, 0.3) is 0 Å². The van der Waals surface area contributed by atoms with Gasteiger partial charge in [0, 0.05) is 17.9 Å². The lowest BCUT2D eigenvalue weighted by Crippen LogP contribution is -2.18. The third kappa shape index (κ3) is 4.17. The molecule has 6 heteroatoms. The minimum Gasteiger partial charge on any atom is -0.448 e. The lowest BCUT2D eigenvalue weighted by molar-refractivity contribution is 0.161. The predicted molar refractivity (Wildman–Crippen MR) is 54.8 cm³/mol. The molecule has 0 atom stereocenters. The number of halogens is 1. The molecule has 0 aliphatic carbocycles. The first-order valence-electron chi connectivity index (χ1n) is 4.30. The van der Waals surface area contributed by atoms with E-state index < -0.39 is 11.9 Å². The molecule has 5 nitrogen and oxygen atoms in total. The second-order valence-electron chi connectivity index (χ2n) is 2.87. The molecule has 0 aromatic heterocycles.